The van der Waals surface area contributed by atoms with Crippen molar-refractivity contribution >= 4 is 13.1 Å². The lowest BCUT2D eigenvalue weighted by atomic mass is 9.95. The topological polar surface area (TPSA) is 62.7 Å². The van der Waals surface area contributed by atoms with Crippen LogP contribution >= 0.6 is 7.37 Å². The number of nitrogens with zero attached hydrogens (tertiary/aromatic N) is 2. The summed E-state index contributed by atoms with van der Waals surface area (Å²) in [5, 5.41) is 0. The lowest BCUT2D eigenvalue weighted by molar-refractivity contribution is 0.222. The molecule has 1 saturated heterocycles. The first-order valence-electron chi connectivity index (χ1n) is 11.2. The van der Waals surface area contributed by atoms with Crippen LogP contribution in [0.1, 0.15) is 42.9 Å². The largest absolute Gasteiger partial charge is 0.493 e. The second-order valence-corrected chi connectivity index (χ2v) is 11.7. The summed E-state index contributed by atoms with van der Waals surface area (Å²) >= 11 is 0. The Morgan fingerprint density at radius 3 is 2.68 bits per heavy atom. The van der Waals surface area contributed by atoms with E-state index < -0.39 is 7.37 Å². The minimum atomic E-state index is -3.07. The Bertz CT molecular complexity index is 952. The first-order chi connectivity index (χ1) is 14.8. The van der Waals surface area contributed by atoms with Crippen LogP contribution in [-0.4, -0.2) is 42.4 Å². The molecule has 5 nitrogen and oxygen atoms in total. The van der Waals surface area contributed by atoms with Crippen molar-refractivity contribution in [2.75, 3.05) is 37.4 Å². The first kappa shape index (κ1) is 22.3. The van der Waals surface area contributed by atoms with Crippen LogP contribution in [0.4, 0.5) is 10.1 Å². The average Bonchev–Trinajstić information content (AvgIpc) is 3.58. The van der Waals surface area contributed by atoms with Crippen molar-refractivity contribution in [3.05, 3.63) is 53.6 Å². The van der Waals surface area contributed by atoms with Gasteiger partial charge in [0.25, 0.3) is 0 Å². The van der Waals surface area contributed by atoms with Crippen molar-refractivity contribution in [3.8, 4) is 5.75 Å². The minimum absolute atomic E-state index is 0.131. The number of benzene rings is 1. The summed E-state index contributed by atoms with van der Waals surface area (Å²) in [6, 6.07) is 9.85. The van der Waals surface area contributed by atoms with E-state index in [4.69, 9.17) is 4.74 Å². The minimum Gasteiger partial charge on any atom is -0.493 e. The van der Waals surface area contributed by atoms with Crippen LogP contribution in [0.2, 0.25) is 0 Å². The Kier molecular flexibility index (Phi) is 6.68. The Hall–Kier alpha value is -1.91. The first-order valence-corrected chi connectivity index (χ1v) is 13.5. The fourth-order valence-electron chi connectivity index (χ4n) is 4.55. The summed E-state index contributed by atoms with van der Waals surface area (Å²) in [7, 11) is -3.07. The van der Waals surface area contributed by atoms with Crippen LogP contribution in [0.15, 0.2) is 36.5 Å². The highest BCUT2D eigenvalue weighted by molar-refractivity contribution is 7.57. The molecule has 1 aliphatic heterocycles. The molecule has 31 heavy (non-hydrogen) atoms. The van der Waals surface area contributed by atoms with Gasteiger partial charge in [-0.25, -0.2) is 4.39 Å². The SMILES string of the molecule is Cc1cc(N2CCC(COc3cccc([C@@H](CP(C)(=O)O)C4CC4)c3)CC2)c(F)cn1. The van der Waals surface area contributed by atoms with Crippen molar-refractivity contribution in [2.45, 2.75) is 38.5 Å². The van der Waals surface area contributed by atoms with Crippen LogP contribution in [-0.2, 0) is 4.57 Å². The number of ether oxygens (including phenoxy) is 1. The molecule has 2 aliphatic rings. The number of pyridine rings is 1. The average molecular weight is 447 g/mol. The molecule has 0 amide bonds. The molecule has 1 aromatic heterocycles. The number of rotatable bonds is 8. The van der Waals surface area contributed by atoms with Crippen molar-refractivity contribution in [2.24, 2.45) is 11.8 Å². The number of aryl methyl sites for hydroxylation is 1. The zero-order valence-corrected chi connectivity index (χ0v) is 19.2. The van der Waals surface area contributed by atoms with E-state index in [0.29, 0.717) is 30.3 Å². The Morgan fingerprint density at radius 2 is 2.00 bits per heavy atom. The second-order valence-electron chi connectivity index (χ2n) is 9.27. The van der Waals surface area contributed by atoms with Crippen LogP contribution < -0.4 is 9.64 Å². The summed E-state index contributed by atoms with van der Waals surface area (Å²) < 4.78 is 32.3. The van der Waals surface area contributed by atoms with E-state index in [9.17, 15) is 13.8 Å². The van der Waals surface area contributed by atoms with Crippen LogP contribution in [0, 0.1) is 24.6 Å². The molecule has 2 atom stereocenters. The zero-order chi connectivity index (χ0) is 22.0. The van der Waals surface area contributed by atoms with Gasteiger partial charge in [-0.15, -0.1) is 0 Å². The highest BCUT2D eigenvalue weighted by Gasteiger charge is 2.35. The number of anilines is 1. The molecule has 1 unspecified atom stereocenters. The second kappa shape index (κ2) is 9.30. The predicted molar refractivity (Wildman–Crippen MR) is 122 cm³/mol. The molecule has 0 bridgehead atoms. The lowest BCUT2D eigenvalue weighted by Gasteiger charge is -2.33. The van der Waals surface area contributed by atoms with Crippen LogP contribution in [0.5, 0.6) is 5.75 Å². The molecule has 0 radical (unpaired) electrons. The number of hydrogen-bond acceptors (Lipinski definition) is 4. The molecule has 2 aromatic rings. The van der Waals surface area contributed by atoms with Crippen molar-refractivity contribution in [1.82, 2.24) is 4.98 Å². The molecular weight excluding hydrogens is 414 g/mol. The van der Waals surface area contributed by atoms with Crippen molar-refractivity contribution in [1.29, 1.82) is 0 Å². The third-order valence-corrected chi connectivity index (χ3v) is 7.50. The molecule has 2 fully saturated rings. The zero-order valence-electron chi connectivity index (χ0n) is 18.3. The Labute approximate surface area is 184 Å². The van der Waals surface area contributed by atoms with Crippen LogP contribution in [0.25, 0.3) is 0 Å². The summed E-state index contributed by atoms with van der Waals surface area (Å²) in [5.41, 5.74) is 2.57. The molecule has 7 heteroatoms. The third-order valence-electron chi connectivity index (χ3n) is 6.43. The molecular formula is C24H32FN2O3P. The van der Waals surface area contributed by atoms with Gasteiger partial charge in [-0.2, -0.15) is 0 Å². The lowest BCUT2D eigenvalue weighted by Crippen LogP contribution is -2.36. The molecule has 1 saturated carbocycles. The van der Waals surface area contributed by atoms with E-state index in [1.165, 1.54) is 12.9 Å². The summed E-state index contributed by atoms with van der Waals surface area (Å²) in [6.07, 6.45) is 5.81. The van der Waals surface area contributed by atoms with Gasteiger partial charge >= 0.3 is 0 Å². The van der Waals surface area contributed by atoms with E-state index in [2.05, 4.69) is 16.0 Å². The van der Waals surface area contributed by atoms with Gasteiger partial charge < -0.3 is 14.5 Å². The molecule has 1 aromatic carbocycles. The maximum absolute atomic E-state index is 14.1. The van der Waals surface area contributed by atoms with E-state index >= 15 is 0 Å². The monoisotopic (exact) mass is 446 g/mol. The molecule has 1 aliphatic carbocycles. The summed E-state index contributed by atoms with van der Waals surface area (Å²) in [4.78, 5) is 16.0. The highest BCUT2D eigenvalue weighted by Crippen LogP contribution is 2.50. The fraction of sp³-hybridized carbons (Fsp3) is 0.542. The smallest absolute Gasteiger partial charge is 0.198 e. The number of hydrogen-bond donors (Lipinski definition) is 1. The summed E-state index contributed by atoms with van der Waals surface area (Å²) in [6.45, 7) is 5.58. The Morgan fingerprint density at radius 1 is 1.26 bits per heavy atom. The quantitative estimate of drug-likeness (QED) is 0.564. The number of halogens is 1. The van der Waals surface area contributed by atoms with Gasteiger partial charge in [-0.1, -0.05) is 12.1 Å². The predicted octanol–water partition coefficient (Wildman–Crippen LogP) is 5.22. The van der Waals surface area contributed by atoms with Gasteiger partial charge in [0.2, 0.25) is 0 Å². The van der Waals surface area contributed by atoms with Gasteiger partial charge in [-0.3, -0.25) is 9.55 Å². The van der Waals surface area contributed by atoms with Gasteiger partial charge in [0.15, 0.2) is 13.2 Å². The normalized spacial score (nSPS) is 20.3. The summed E-state index contributed by atoms with van der Waals surface area (Å²) in [5.74, 6) is 1.63. The van der Waals surface area contributed by atoms with Crippen LogP contribution in [0.3, 0.4) is 0 Å². The fourth-order valence-corrected chi connectivity index (χ4v) is 5.79. The maximum Gasteiger partial charge on any atom is 0.198 e. The van der Waals surface area contributed by atoms with Crippen molar-refractivity contribution in [3.63, 3.8) is 0 Å². The van der Waals surface area contributed by atoms with E-state index in [-0.39, 0.29) is 11.7 Å². The maximum atomic E-state index is 14.1. The van der Waals surface area contributed by atoms with Gasteiger partial charge in [-0.05, 0) is 74.1 Å². The van der Waals surface area contributed by atoms with E-state index in [0.717, 1.165) is 55.8 Å². The molecule has 168 valence electrons. The van der Waals surface area contributed by atoms with Gasteiger partial charge in [0.05, 0.1) is 18.5 Å². The highest BCUT2D eigenvalue weighted by atomic mass is 31.2. The van der Waals surface area contributed by atoms with E-state index in [1.807, 2.05) is 31.2 Å². The standard InChI is InChI=1S/C24H32FN2O3P/c1-17-12-24(23(25)14-26-17)27-10-8-18(9-11-27)15-30-21-5-3-4-20(13-21)22(19-6-7-19)16-31(2,28)29/h3-5,12-14,18-19,22H,6-11,15-16H2,1-2H3,(H,28,29)/t22-/m0/s1. The van der Waals surface area contributed by atoms with Gasteiger partial charge in [0, 0.05) is 31.6 Å². The number of piperidine rings is 1. The van der Waals surface area contributed by atoms with Crippen molar-refractivity contribution < 1.29 is 18.6 Å². The molecule has 4 rings (SSSR count). The molecule has 0 spiro atoms. The van der Waals surface area contributed by atoms with Gasteiger partial charge in [0.1, 0.15) is 5.75 Å². The number of aromatic nitrogens is 1. The third kappa shape index (κ3) is 6.08. The molecule has 2 heterocycles. The van der Waals surface area contributed by atoms with E-state index in [1.54, 1.807) is 0 Å². The Balaban J connectivity index is 1.32. The molecule has 1 N–H and O–H groups in total.